The zero-order valence-corrected chi connectivity index (χ0v) is 16.5. The molecule has 2 N–H and O–H groups in total. The summed E-state index contributed by atoms with van der Waals surface area (Å²) in [5, 5.41) is 9.13. The van der Waals surface area contributed by atoms with Gasteiger partial charge in [-0.15, -0.1) is 0 Å². The van der Waals surface area contributed by atoms with Gasteiger partial charge in [-0.25, -0.2) is 4.98 Å². The maximum atomic E-state index is 11.3. The van der Waals surface area contributed by atoms with Crippen molar-refractivity contribution < 1.29 is 9.22 Å². The van der Waals surface area contributed by atoms with Gasteiger partial charge >= 0.3 is 0 Å². The standard InChI is InChI=1S/C15H24ClN5O2Si/c1-15(2,3)24(4,5)23-9-8-21(7-6-17)13-11(10-22)12(16)19-14(18)20-13/h10H,7-9H2,1-5H3,(H2,18,19,20). The van der Waals surface area contributed by atoms with E-state index < -0.39 is 8.32 Å². The lowest BCUT2D eigenvalue weighted by Gasteiger charge is -2.36. The fraction of sp³-hybridized carbons (Fsp3) is 0.600. The van der Waals surface area contributed by atoms with Crippen molar-refractivity contribution in [3.63, 3.8) is 0 Å². The Bertz CT molecular complexity index is 640. The van der Waals surface area contributed by atoms with Gasteiger partial charge in [0.1, 0.15) is 17.5 Å². The van der Waals surface area contributed by atoms with Crippen LogP contribution in [0.2, 0.25) is 23.3 Å². The largest absolute Gasteiger partial charge is 0.415 e. The van der Waals surface area contributed by atoms with Gasteiger partial charge in [0.25, 0.3) is 0 Å². The summed E-state index contributed by atoms with van der Waals surface area (Å²) in [7, 11) is -1.90. The molecule has 9 heteroatoms. The predicted octanol–water partition coefficient (Wildman–Crippen LogP) is 2.88. The summed E-state index contributed by atoms with van der Waals surface area (Å²) < 4.78 is 6.12. The van der Waals surface area contributed by atoms with E-state index in [1.807, 2.05) is 0 Å². The van der Waals surface area contributed by atoms with Crippen LogP contribution in [0.25, 0.3) is 0 Å². The smallest absolute Gasteiger partial charge is 0.223 e. The molecule has 0 aliphatic heterocycles. The van der Waals surface area contributed by atoms with Crippen molar-refractivity contribution in [3.05, 3.63) is 10.7 Å². The number of aromatic nitrogens is 2. The Kier molecular flexibility index (Phi) is 6.72. The van der Waals surface area contributed by atoms with Gasteiger partial charge in [-0.05, 0) is 18.1 Å². The van der Waals surface area contributed by atoms with E-state index >= 15 is 0 Å². The van der Waals surface area contributed by atoms with Gasteiger partial charge in [-0.2, -0.15) is 10.2 Å². The van der Waals surface area contributed by atoms with Crippen molar-refractivity contribution in [2.45, 2.75) is 38.9 Å². The molecule has 1 aromatic heterocycles. The molecular weight excluding hydrogens is 346 g/mol. The second kappa shape index (κ2) is 7.92. The van der Waals surface area contributed by atoms with E-state index in [1.165, 1.54) is 0 Å². The topological polar surface area (TPSA) is 105 Å². The Labute approximate surface area is 148 Å². The van der Waals surface area contributed by atoms with Crippen LogP contribution in [0.1, 0.15) is 31.1 Å². The summed E-state index contributed by atoms with van der Waals surface area (Å²) in [5.74, 6) is 0.205. The molecule has 0 bridgehead atoms. The molecule has 0 aliphatic carbocycles. The summed E-state index contributed by atoms with van der Waals surface area (Å²) in [5.41, 5.74) is 5.73. The van der Waals surface area contributed by atoms with E-state index in [1.54, 1.807) is 4.90 Å². The van der Waals surface area contributed by atoms with Gasteiger partial charge in [0.05, 0.1) is 18.2 Å². The average molecular weight is 370 g/mol. The number of nitrogens with zero attached hydrogens (tertiary/aromatic N) is 4. The van der Waals surface area contributed by atoms with Crippen LogP contribution in [0.3, 0.4) is 0 Å². The van der Waals surface area contributed by atoms with Crippen LogP contribution in [-0.2, 0) is 4.43 Å². The Morgan fingerprint density at radius 2 is 2.04 bits per heavy atom. The molecular formula is C15H24ClN5O2Si. The summed E-state index contributed by atoms with van der Waals surface area (Å²) >= 11 is 5.95. The highest BCUT2D eigenvalue weighted by atomic mass is 35.5. The number of carbonyl (C=O) groups excluding carboxylic acids is 1. The number of halogens is 1. The number of nitriles is 1. The lowest BCUT2D eigenvalue weighted by atomic mass is 10.2. The number of hydrogen-bond acceptors (Lipinski definition) is 7. The molecule has 132 valence electrons. The molecule has 0 aromatic carbocycles. The van der Waals surface area contributed by atoms with E-state index in [4.69, 9.17) is 27.0 Å². The second-order valence-corrected chi connectivity index (χ2v) is 12.1. The van der Waals surface area contributed by atoms with Crippen LogP contribution in [0.15, 0.2) is 0 Å². The van der Waals surface area contributed by atoms with Gasteiger partial charge in [0.2, 0.25) is 5.95 Å². The fourth-order valence-corrected chi connectivity index (χ4v) is 3.01. The first kappa shape index (κ1) is 20.4. The minimum atomic E-state index is -1.90. The molecule has 1 rings (SSSR count). The number of hydrogen-bond donors (Lipinski definition) is 1. The van der Waals surface area contributed by atoms with Crippen molar-refractivity contribution in [1.82, 2.24) is 9.97 Å². The van der Waals surface area contributed by atoms with Crippen molar-refractivity contribution in [1.29, 1.82) is 5.26 Å². The summed E-state index contributed by atoms with van der Waals surface area (Å²) in [6, 6.07) is 2.06. The van der Waals surface area contributed by atoms with Crippen LogP contribution in [0, 0.1) is 11.3 Å². The van der Waals surface area contributed by atoms with Crippen molar-refractivity contribution in [3.8, 4) is 6.07 Å². The lowest BCUT2D eigenvalue weighted by Crippen LogP contribution is -2.43. The molecule has 0 fully saturated rings. The number of rotatable bonds is 7. The third-order valence-electron chi connectivity index (χ3n) is 4.21. The molecule has 0 atom stereocenters. The van der Waals surface area contributed by atoms with E-state index in [0.29, 0.717) is 19.4 Å². The average Bonchev–Trinajstić information content (AvgIpc) is 2.44. The quantitative estimate of drug-likeness (QED) is 0.341. The number of aldehydes is 1. The molecule has 1 heterocycles. The predicted molar refractivity (Wildman–Crippen MR) is 97.8 cm³/mol. The molecule has 0 saturated carbocycles. The van der Waals surface area contributed by atoms with E-state index in [2.05, 4.69) is 49.9 Å². The van der Waals surface area contributed by atoms with Crippen molar-refractivity contribution in [2.24, 2.45) is 0 Å². The Morgan fingerprint density at radius 1 is 1.42 bits per heavy atom. The highest BCUT2D eigenvalue weighted by Gasteiger charge is 2.37. The minimum Gasteiger partial charge on any atom is -0.415 e. The van der Waals surface area contributed by atoms with Crippen LogP contribution in [0.5, 0.6) is 0 Å². The second-order valence-electron chi connectivity index (χ2n) is 6.92. The highest BCUT2D eigenvalue weighted by Crippen LogP contribution is 2.36. The van der Waals surface area contributed by atoms with Crippen LogP contribution in [-0.4, -0.2) is 44.3 Å². The maximum Gasteiger partial charge on any atom is 0.223 e. The van der Waals surface area contributed by atoms with Crippen LogP contribution < -0.4 is 10.6 Å². The van der Waals surface area contributed by atoms with Gasteiger partial charge in [-0.3, -0.25) is 4.79 Å². The molecule has 0 spiro atoms. The third-order valence-corrected chi connectivity index (χ3v) is 9.03. The van der Waals surface area contributed by atoms with Crippen molar-refractivity contribution in [2.75, 3.05) is 30.3 Å². The summed E-state index contributed by atoms with van der Waals surface area (Å²) in [6.07, 6.45) is 0.566. The van der Waals surface area contributed by atoms with Gasteiger partial charge in [0.15, 0.2) is 14.6 Å². The van der Waals surface area contributed by atoms with E-state index in [-0.39, 0.29) is 34.1 Å². The lowest BCUT2D eigenvalue weighted by molar-refractivity contribution is 0.112. The van der Waals surface area contributed by atoms with Gasteiger partial charge < -0.3 is 15.1 Å². The Morgan fingerprint density at radius 3 is 2.54 bits per heavy atom. The minimum absolute atomic E-state index is 0.0271. The van der Waals surface area contributed by atoms with E-state index in [0.717, 1.165) is 0 Å². The first-order valence-electron chi connectivity index (χ1n) is 7.57. The molecule has 0 amide bonds. The number of nitrogens with two attached hydrogens (primary N) is 1. The van der Waals surface area contributed by atoms with Crippen LogP contribution >= 0.6 is 11.6 Å². The number of nitrogen functional groups attached to an aromatic ring is 1. The zero-order chi connectivity index (χ0) is 18.5. The summed E-state index contributed by atoms with van der Waals surface area (Å²) in [6.45, 7) is 11.6. The molecule has 24 heavy (non-hydrogen) atoms. The zero-order valence-electron chi connectivity index (χ0n) is 14.8. The first-order valence-corrected chi connectivity index (χ1v) is 10.9. The monoisotopic (exact) mass is 369 g/mol. The summed E-state index contributed by atoms with van der Waals surface area (Å²) in [4.78, 5) is 20.8. The van der Waals surface area contributed by atoms with Gasteiger partial charge in [0, 0.05) is 6.54 Å². The van der Waals surface area contributed by atoms with Gasteiger partial charge in [-0.1, -0.05) is 32.4 Å². The SMILES string of the molecule is CC(C)(C)[Si](C)(C)OCCN(CC#N)c1nc(N)nc(Cl)c1C=O. The molecule has 0 aliphatic rings. The molecule has 0 unspecified atom stereocenters. The molecule has 0 saturated heterocycles. The van der Waals surface area contributed by atoms with E-state index in [9.17, 15) is 4.79 Å². The first-order chi connectivity index (χ1) is 11.0. The number of carbonyl (C=O) groups is 1. The fourth-order valence-electron chi connectivity index (χ4n) is 1.76. The maximum absolute atomic E-state index is 11.3. The third kappa shape index (κ3) is 4.90. The Balaban J connectivity index is 2.98. The highest BCUT2D eigenvalue weighted by molar-refractivity contribution is 6.74. The molecule has 7 nitrogen and oxygen atoms in total. The number of anilines is 2. The molecule has 1 aromatic rings. The Hall–Kier alpha value is -1.69. The van der Waals surface area contributed by atoms with Crippen molar-refractivity contribution >= 4 is 38.0 Å². The van der Waals surface area contributed by atoms with Crippen LogP contribution in [0.4, 0.5) is 11.8 Å². The molecule has 0 radical (unpaired) electrons. The normalized spacial score (nSPS) is 11.9.